The highest BCUT2D eigenvalue weighted by atomic mass is 32.1. The van der Waals surface area contributed by atoms with Gasteiger partial charge in [-0.3, -0.25) is 4.90 Å². The maximum absolute atomic E-state index is 2.59. The van der Waals surface area contributed by atoms with Crippen molar-refractivity contribution in [3.05, 3.63) is 57.3 Å². The molecular formula is C18H21NS. The quantitative estimate of drug-likeness (QED) is 0.793. The molecular weight excluding hydrogens is 262 g/mol. The van der Waals surface area contributed by atoms with Crippen molar-refractivity contribution >= 4 is 11.3 Å². The second-order valence-corrected chi connectivity index (χ2v) is 7.42. The van der Waals surface area contributed by atoms with Gasteiger partial charge in [0.25, 0.3) is 0 Å². The summed E-state index contributed by atoms with van der Waals surface area (Å²) in [5, 5.41) is 2.23. The van der Waals surface area contributed by atoms with Crippen LogP contribution in [0.5, 0.6) is 0 Å². The highest BCUT2D eigenvalue weighted by Gasteiger charge is 2.54. The van der Waals surface area contributed by atoms with Crippen molar-refractivity contribution in [1.29, 1.82) is 0 Å². The molecule has 0 amide bonds. The Labute approximate surface area is 125 Å². The number of hydrogen-bond acceptors (Lipinski definition) is 2. The molecule has 1 atom stereocenters. The Balaban J connectivity index is 1.82. The molecule has 0 saturated heterocycles. The molecule has 2 heteroatoms. The Hall–Kier alpha value is -1.12. The van der Waals surface area contributed by atoms with E-state index in [0.717, 1.165) is 0 Å². The number of likely N-dealkylation sites (N-methyl/N-ethyl adjacent to an activating group) is 1. The van der Waals surface area contributed by atoms with Crippen molar-refractivity contribution in [1.82, 2.24) is 4.90 Å². The van der Waals surface area contributed by atoms with Crippen LogP contribution in [0.4, 0.5) is 0 Å². The molecule has 4 rings (SSSR count). The number of nitrogens with zero attached hydrogens (tertiary/aromatic N) is 1. The van der Waals surface area contributed by atoms with E-state index in [9.17, 15) is 0 Å². The molecule has 2 aromatic rings. The van der Waals surface area contributed by atoms with Crippen LogP contribution >= 0.6 is 11.3 Å². The van der Waals surface area contributed by atoms with Crippen molar-refractivity contribution in [2.45, 2.75) is 37.6 Å². The number of benzene rings is 1. The van der Waals surface area contributed by atoms with Crippen LogP contribution in [0, 0.1) is 6.92 Å². The SMILES string of the molecule is Cc1ccc2c(c1)CCN(C)C2C1(c2cccs2)CC1. The number of fused-ring (bicyclic) bond motifs is 1. The lowest BCUT2D eigenvalue weighted by Crippen LogP contribution is -2.39. The molecule has 0 bridgehead atoms. The van der Waals surface area contributed by atoms with E-state index in [1.54, 1.807) is 16.0 Å². The highest BCUT2D eigenvalue weighted by Crippen LogP contribution is 2.60. The van der Waals surface area contributed by atoms with Crippen LogP contribution in [0.15, 0.2) is 35.7 Å². The molecule has 1 aromatic heterocycles. The summed E-state index contributed by atoms with van der Waals surface area (Å²) in [5.74, 6) is 0. The van der Waals surface area contributed by atoms with Gasteiger partial charge in [0.15, 0.2) is 0 Å². The first-order valence-corrected chi connectivity index (χ1v) is 8.42. The van der Waals surface area contributed by atoms with E-state index in [4.69, 9.17) is 0 Å². The first-order chi connectivity index (χ1) is 9.71. The van der Waals surface area contributed by atoms with E-state index < -0.39 is 0 Å². The highest BCUT2D eigenvalue weighted by molar-refractivity contribution is 7.10. The summed E-state index contributed by atoms with van der Waals surface area (Å²) < 4.78 is 0. The Morgan fingerprint density at radius 3 is 2.80 bits per heavy atom. The zero-order valence-corrected chi connectivity index (χ0v) is 13.0. The van der Waals surface area contributed by atoms with Gasteiger partial charge in [-0.1, -0.05) is 29.8 Å². The van der Waals surface area contributed by atoms with E-state index >= 15 is 0 Å². The Morgan fingerprint density at radius 2 is 2.10 bits per heavy atom. The first kappa shape index (κ1) is 12.6. The van der Waals surface area contributed by atoms with Crippen LogP contribution in [-0.4, -0.2) is 18.5 Å². The first-order valence-electron chi connectivity index (χ1n) is 7.54. The van der Waals surface area contributed by atoms with Crippen molar-refractivity contribution < 1.29 is 0 Å². The summed E-state index contributed by atoms with van der Waals surface area (Å²) >= 11 is 1.94. The maximum atomic E-state index is 2.59. The third kappa shape index (κ3) is 1.78. The van der Waals surface area contributed by atoms with Gasteiger partial charge in [-0.05, 0) is 55.8 Å². The Morgan fingerprint density at radius 1 is 1.25 bits per heavy atom. The Bertz CT molecular complexity index is 625. The van der Waals surface area contributed by atoms with Crippen molar-refractivity contribution in [2.24, 2.45) is 0 Å². The number of rotatable bonds is 2. The predicted molar refractivity (Wildman–Crippen MR) is 85.5 cm³/mol. The minimum Gasteiger partial charge on any atom is -0.298 e. The summed E-state index contributed by atoms with van der Waals surface area (Å²) in [4.78, 5) is 4.17. The zero-order valence-electron chi connectivity index (χ0n) is 12.2. The molecule has 1 aliphatic carbocycles. The van der Waals surface area contributed by atoms with Crippen molar-refractivity contribution in [3.63, 3.8) is 0 Å². The molecule has 2 aliphatic rings. The minimum atomic E-state index is 0.396. The molecule has 0 radical (unpaired) electrons. The normalized spacial score (nSPS) is 24.4. The van der Waals surface area contributed by atoms with Crippen LogP contribution < -0.4 is 0 Å². The molecule has 1 nitrogen and oxygen atoms in total. The number of hydrogen-bond donors (Lipinski definition) is 0. The van der Waals surface area contributed by atoms with Crippen molar-refractivity contribution in [2.75, 3.05) is 13.6 Å². The lowest BCUT2D eigenvalue weighted by Gasteiger charge is -2.40. The van der Waals surface area contributed by atoms with Crippen LogP contribution in [0.1, 0.15) is 40.5 Å². The fraction of sp³-hybridized carbons (Fsp3) is 0.444. The number of thiophene rings is 1. The fourth-order valence-corrected chi connectivity index (χ4v) is 4.96. The summed E-state index contributed by atoms with van der Waals surface area (Å²) in [6, 6.07) is 12.2. The summed E-state index contributed by atoms with van der Waals surface area (Å²) in [5.41, 5.74) is 4.95. The topological polar surface area (TPSA) is 3.24 Å². The van der Waals surface area contributed by atoms with Gasteiger partial charge in [0, 0.05) is 22.9 Å². The smallest absolute Gasteiger partial charge is 0.0452 e. The molecule has 0 spiro atoms. The van der Waals surface area contributed by atoms with E-state index in [-0.39, 0.29) is 0 Å². The lowest BCUT2D eigenvalue weighted by atomic mass is 9.81. The molecule has 1 aliphatic heterocycles. The molecule has 1 aromatic carbocycles. The van der Waals surface area contributed by atoms with Gasteiger partial charge in [-0.15, -0.1) is 11.3 Å². The largest absolute Gasteiger partial charge is 0.298 e. The zero-order chi connectivity index (χ0) is 13.7. The van der Waals surface area contributed by atoms with Gasteiger partial charge in [-0.2, -0.15) is 0 Å². The molecule has 20 heavy (non-hydrogen) atoms. The average Bonchev–Trinajstić information content (AvgIpc) is 3.04. The average molecular weight is 283 g/mol. The molecule has 1 unspecified atom stereocenters. The summed E-state index contributed by atoms with van der Waals surface area (Å²) in [6.45, 7) is 3.40. The van der Waals surface area contributed by atoms with Crippen molar-refractivity contribution in [3.8, 4) is 0 Å². The molecule has 1 saturated carbocycles. The molecule has 104 valence electrons. The third-order valence-corrected chi connectivity index (χ3v) is 6.18. The summed E-state index contributed by atoms with van der Waals surface area (Å²) in [6.07, 6.45) is 3.89. The second kappa shape index (κ2) is 4.44. The third-order valence-electron chi connectivity index (χ3n) is 5.09. The van der Waals surface area contributed by atoms with Gasteiger partial charge in [0.2, 0.25) is 0 Å². The summed E-state index contributed by atoms with van der Waals surface area (Å²) in [7, 11) is 2.31. The Kier molecular flexibility index (Phi) is 2.80. The predicted octanol–water partition coefficient (Wildman–Crippen LogP) is 4.32. The van der Waals surface area contributed by atoms with Crippen LogP contribution in [-0.2, 0) is 11.8 Å². The molecule has 1 fully saturated rings. The van der Waals surface area contributed by atoms with Gasteiger partial charge in [0.05, 0.1) is 0 Å². The van der Waals surface area contributed by atoms with Crippen LogP contribution in [0.2, 0.25) is 0 Å². The van der Waals surface area contributed by atoms with Gasteiger partial charge in [0.1, 0.15) is 0 Å². The van der Waals surface area contributed by atoms with Gasteiger partial charge >= 0.3 is 0 Å². The second-order valence-electron chi connectivity index (χ2n) is 6.47. The van der Waals surface area contributed by atoms with Gasteiger partial charge < -0.3 is 0 Å². The fourth-order valence-electron chi connectivity index (χ4n) is 3.95. The van der Waals surface area contributed by atoms with Crippen LogP contribution in [0.3, 0.4) is 0 Å². The monoisotopic (exact) mass is 283 g/mol. The van der Waals surface area contributed by atoms with Gasteiger partial charge in [-0.25, -0.2) is 0 Å². The van der Waals surface area contributed by atoms with E-state index in [2.05, 4.69) is 54.6 Å². The van der Waals surface area contributed by atoms with E-state index in [1.165, 1.54) is 31.4 Å². The van der Waals surface area contributed by atoms with E-state index in [0.29, 0.717) is 11.5 Å². The lowest BCUT2D eigenvalue weighted by molar-refractivity contribution is 0.189. The minimum absolute atomic E-state index is 0.396. The molecule has 2 heterocycles. The standard InChI is InChI=1S/C18H21NS/c1-13-5-6-15-14(12-13)7-10-19(2)17(15)18(8-9-18)16-4-3-11-20-16/h3-6,11-12,17H,7-10H2,1-2H3. The number of aryl methyl sites for hydroxylation is 1. The van der Waals surface area contributed by atoms with E-state index in [1.807, 2.05) is 11.3 Å². The molecule has 0 N–H and O–H groups in total. The van der Waals surface area contributed by atoms with Crippen LogP contribution in [0.25, 0.3) is 0 Å². The maximum Gasteiger partial charge on any atom is 0.0452 e.